The zero-order valence-corrected chi connectivity index (χ0v) is 9.85. The molecule has 17 heavy (non-hydrogen) atoms. The van der Waals surface area contributed by atoms with Crippen LogP contribution in [0.3, 0.4) is 0 Å². The van der Waals surface area contributed by atoms with Crippen LogP contribution in [-0.2, 0) is 9.47 Å². The summed E-state index contributed by atoms with van der Waals surface area (Å²) < 4.78 is 15.8. The van der Waals surface area contributed by atoms with Gasteiger partial charge in [0.2, 0.25) is 0 Å². The lowest BCUT2D eigenvalue weighted by Gasteiger charge is -2.24. The van der Waals surface area contributed by atoms with Crippen LogP contribution in [0.1, 0.15) is 23.2 Å². The number of esters is 1. The van der Waals surface area contributed by atoms with Crippen molar-refractivity contribution in [3.63, 3.8) is 0 Å². The van der Waals surface area contributed by atoms with E-state index in [1.807, 2.05) is 6.07 Å². The highest BCUT2D eigenvalue weighted by Gasteiger charge is 2.19. The van der Waals surface area contributed by atoms with E-state index in [1.165, 1.54) is 7.11 Å². The van der Waals surface area contributed by atoms with Crippen molar-refractivity contribution in [2.75, 3.05) is 20.3 Å². The molecule has 1 aliphatic rings. The molecule has 1 heterocycles. The molecule has 1 aromatic rings. The van der Waals surface area contributed by atoms with Crippen molar-refractivity contribution in [3.8, 4) is 5.75 Å². The summed E-state index contributed by atoms with van der Waals surface area (Å²) in [5.74, 6) is 0.221. The van der Waals surface area contributed by atoms with Crippen molar-refractivity contribution in [2.45, 2.75) is 18.9 Å². The van der Waals surface area contributed by atoms with E-state index < -0.39 is 0 Å². The minimum atomic E-state index is -0.368. The number of carbonyl (C=O) groups is 1. The molecule has 1 fully saturated rings. The third kappa shape index (κ3) is 2.97. The van der Waals surface area contributed by atoms with Crippen molar-refractivity contribution >= 4 is 5.97 Å². The second-order valence-electron chi connectivity index (χ2n) is 3.92. The summed E-state index contributed by atoms with van der Waals surface area (Å²) in [6.45, 7) is 1.43. The smallest absolute Gasteiger partial charge is 0.341 e. The SMILES string of the molecule is COC(=O)c1ccccc1OC1CCOCC1. The van der Waals surface area contributed by atoms with E-state index >= 15 is 0 Å². The quantitative estimate of drug-likeness (QED) is 0.753. The number of hydrogen-bond acceptors (Lipinski definition) is 4. The first-order chi connectivity index (χ1) is 8.31. The Kier molecular flexibility index (Phi) is 3.98. The van der Waals surface area contributed by atoms with Gasteiger partial charge in [-0.2, -0.15) is 0 Å². The molecular weight excluding hydrogens is 220 g/mol. The molecule has 0 aromatic heterocycles. The molecule has 0 aliphatic carbocycles. The molecule has 4 nitrogen and oxygen atoms in total. The Morgan fingerprint density at radius 3 is 2.71 bits per heavy atom. The van der Waals surface area contributed by atoms with Crippen LogP contribution >= 0.6 is 0 Å². The topological polar surface area (TPSA) is 44.8 Å². The second kappa shape index (κ2) is 5.68. The van der Waals surface area contributed by atoms with E-state index in [4.69, 9.17) is 14.2 Å². The van der Waals surface area contributed by atoms with Gasteiger partial charge < -0.3 is 14.2 Å². The van der Waals surface area contributed by atoms with E-state index in [1.54, 1.807) is 18.2 Å². The molecular formula is C13H16O4. The highest BCUT2D eigenvalue weighted by Crippen LogP contribution is 2.23. The van der Waals surface area contributed by atoms with E-state index in [9.17, 15) is 4.79 Å². The number of para-hydroxylation sites is 1. The molecule has 0 N–H and O–H groups in total. The van der Waals surface area contributed by atoms with E-state index in [2.05, 4.69) is 0 Å². The number of rotatable bonds is 3. The lowest BCUT2D eigenvalue weighted by molar-refractivity contribution is 0.0246. The Hall–Kier alpha value is -1.55. The maximum atomic E-state index is 11.5. The minimum absolute atomic E-state index is 0.120. The molecule has 0 unspecified atom stereocenters. The largest absolute Gasteiger partial charge is 0.489 e. The third-order valence-electron chi connectivity index (χ3n) is 2.75. The Morgan fingerprint density at radius 2 is 2.00 bits per heavy atom. The van der Waals surface area contributed by atoms with Crippen LogP contribution < -0.4 is 4.74 Å². The molecule has 0 amide bonds. The Labute approximate surface area is 100 Å². The van der Waals surface area contributed by atoms with E-state index in [0.29, 0.717) is 24.5 Å². The number of benzene rings is 1. The van der Waals surface area contributed by atoms with Crippen LogP contribution in [0.25, 0.3) is 0 Å². The fourth-order valence-electron chi connectivity index (χ4n) is 1.82. The molecule has 0 bridgehead atoms. The van der Waals surface area contributed by atoms with Gasteiger partial charge in [0.1, 0.15) is 17.4 Å². The first-order valence-electron chi connectivity index (χ1n) is 5.73. The summed E-state index contributed by atoms with van der Waals surface area (Å²) in [5.41, 5.74) is 0.474. The predicted octanol–water partition coefficient (Wildman–Crippen LogP) is 2.03. The lowest BCUT2D eigenvalue weighted by atomic mass is 10.1. The predicted molar refractivity (Wildman–Crippen MR) is 62.3 cm³/mol. The zero-order valence-electron chi connectivity index (χ0n) is 9.85. The van der Waals surface area contributed by atoms with E-state index in [0.717, 1.165) is 12.8 Å². The average molecular weight is 236 g/mol. The summed E-state index contributed by atoms with van der Waals surface area (Å²) >= 11 is 0. The number of hydrogen-bond donors (Lipinski definition) is 0. The van der Waals surface area contributed by atoms with Gasteiger partial charge in [-0.1, -0.05) is 12.1 Å². The number of methoxy groups -OCH3 is 1. The summed E-state index contributed by atoms with van der Waals surface area (Å²) in [4.78, 5) is 11.5. The number of ether oxygens (including phenoxy) is 3. The normalized spacial score (nSPS) is 16.5. The fourth-order valence-corrected chi connectivity index (χ4v) is 1.82. The molecule has 1 saturated heterocycles. The highest BCUT2D eigenvalue weighted by atomic mass is 16.5. The zero-order chi connectivity index (χ0) is 12.1. The number of carbonyl (C=O) groups excluding carboxylic acids is 1. The van der Waals surface area contributed by atoms with Crippen molar-refractivity contribution in [2.24, 2.45) is 0 Å². The summed E-state index contributed by atoms with van der Waals surface area (Å²) in [5, 5.41) is 0. The molecule has 0 radical (unpaired) electrons. The van der Waals surface area contributed by atoms with Gasteiger partial charge >= 0.3 is 5.97 Å². The van der Waals surface area contributed by atoms with E-state index in [-0.39, 0.29) is 12.1 Å². The van der Waals surface area contributed by atoms with Crippen LogP contribution in [0.2, 0.25) is 0 Å². The maximum Gasteiger partial charge on any atom is 0.341 e. The Balaban J connectivity index is 2.11. The highest BCUT2D eigenvalue weighted by molar-refractivity contribution is 5.92. The van der Waals surface area contributed by atoms with Gasteiger partial charge in [0.05, 0.1) is 20.3 Å². The van der Waals surface area contributed by atoms with Gasteiger partial charge in [0.15, 0.2) is 0 Å². The maximum absolute atomic E-state index is 11.5. The molecule has 1 aromatic carbocycles. The van der Waals surface area contributed by atoms with Crippen molar-refractivity contribution in [1.82, 2.24) is 0 Å². The molecule has 92 valence electrons. The molecule has 4 heteroatoms. The molecule has 0 atom stereocenters. The fraction of sp³-hybridized carbons (Fsp3) is 0.462. The van der Waals surface area contributed by atoms with Crippen LogP contribution in [-0.4, -0.2) is 32.4 Å². The third-order valence-corrected chi connectivity index (χ3v) is 2.75. The second-order valence-corrected chi connectivity index (χ2v) is 3.92. The Bertz CT molecular complexity index is 383. The molecule has 0 spiro atoms. The molecule has 2 rings (SSSR count). The van der Waals surface area contributed by atoms with Crippen LogP contribution in [0, 0.1) is 0 Å². The van der Waals surface area contributed by atoms with Gasteiger partial charge in [-0.25, -0.2) is 4.79 Å². The summed E-state index contributed by atoms with van der Waals surface area (Å²) in [7, 11) is 1.37. The van der Waals surface area contributed by atoms with Gasteiger partial charge in [-0.05, 0) is 12.1 Å². The van der Waals surface area contributed by atoms with Gasteiger partial charge in [-0.15, -0.1) is 0 Å². The first-order valence-corrected chi connectivity index (χ1v) is 5.73. The molecule has 1 aliphatic heterocycles. The van der Waals surface area contributed by atoms with Crippen LogP contribution in [0.4, 0.5) is 0 Å². The summed E-state index contributed by atoms with van der Waals surface area (Å²) in [6, 6.07) is 7.15. The molecule has 0 saturated carbocycles. The first kappa shape index (κ1) is 11.9. The van der Waals surface area contributed by atoms with Crippen LogP contribution in [0.15, 0.2) is 24.3 Å². The average Bonchev–Trinajstić information content (AvgIpc) is 2.40. The van der Waals surface area contributed by atoms with Crippen molar-refractivity contribution in [3.05, 3.63) is 29.8 Å². The van der Waals surface area contributed by atoms with Gasteiger partial charge in [-0.3, -0.25) is 0 Å². The Morgan fingerprint density at radius 1 is 1.29 bits per heavy atom. The minimum Gasteiger partial charge on any atom is -0.489 e. The van der Waals surface area contributed by atoms with Crippen LogP contribution in [0.5, 0.6) is 5.75 Å². The monoisotopic (exact) mass is 236 g/mol. The lowest BCUT2D eigenvalue weighted by Crippen LogP contribution is -2.26. The standard InChI is InChI=1S/C13H16O4/c1-15-13(14)11-4-2-3-5-12(11)17-10-6-8-16-9-7-10/h2-5,10H,6-9H2,1H3. The summed E-state index contributed by atoms with van der Waals surface area (Å²) in [6.07, 6.45) is 1.83. The van der Waals surface area contributed by atoms with Gasteiger partial charge in [0, 0.05) is 12.8 Å². The van der Waals surface area contributed by atoms with Gasteiger partial charge in [0.25, 0.3) is 0 Å². The van der Waals surface area contributed by atoms with Crippen molar-refractivity contribution < 1.29 is 19.0 Å². The van der Waals surface area contributed by atoms with Crippen molar-refractivity contribution in [1.29, 1.82) is 0 Å².